The molecule has 0 fully saturated rings. The summed E-state index contributed by atoms with van der Waals surface area (Å²) in [4.78, 5) is 23.8. The van der Waals surface area contributed by atoms with Crippen molar-refractivity contribution in [2.45, 2.75) is 0 Å². The second-order valence-electron chi connectivity index (χ2n) is 6.75. The SMILES string of the molecule is O=C1C=CC(=O)N1CCOCCOCCOCCOCCOCCOCCOCCOCCF. The molecular formula is C22H38FNO10. The first kappa shape index (κ1) is 30.5. The van der Waals surface area contributed by atoms with Gasteiger partial charge in [-0.25, -0.2) is 4.39 Å². The van der Waals surface area contributed by atoms with Gasteiger partial charge < -0.3 is 37.9 Å². The second kappa shape index (κ2) is 23.2. The van der Waals surface area contributed by atoms with Crippen LogP contribution >= 0.6 is 0 Å². The smallest absolute Gasteiger partial charge is 0.253 e. The first-order chi connectivity index (χ1) is 16.8. The summed E-state index contributed by atoms with van der Waals surface area (Å²) in [5.74, 6) is -0.616. The van der Waals surface area contributed by atoms with Crippen LogP contribution in [-0.2, 0) is 47.5 Å². The topological polar surface area (TPSA) is 111 Å². The van der Waals surface area contributed by atoms with Crippen molar-refractivity contribution in [2.24, 2.45) is 0 Å². The summed E-state index contributed by atoms with van der Waals surface area (Å²) in [6.45, 7) is 6.42. The molecule has 0 aromatic carbocycles. The Morgan fingerprint density at radius 2 is 0.735 bits per heavy atom. The van der Waals surface area contributed by atoms with Crippen LogP contribution in [-0.4, -0.2) is 136 Å². The van der Waals surface area contributed by atoms with Gasteiger partial charge >= 0.3 is 0 Å². The van der Waals surface area contributed by atoms with E-state index in [2.05, 4.69) is 0 Å². The molecule has 0 saturated carbocycles. The zero-order chi connectivity index (χ0) is 24.5. The highest BCUT2D eigenvalue weighted by atomic mass is 19.1. The number of halogens is 1. The van der Waals surface area contributed by atoms with Gasteiger partial charge in [-0.3, -0.25) is 14.5 Å². The number of alkyl halides is 1. The minimum absolute atomic E-state index is 0.108. The Balaban J connectivity index is 1.66. The lowest BCUT2D eigenvalue weighted by Gasteiger charge is -2.13. The molecule has 1 heterocycles. The third kappa shape index (κ3) is 17.9. The standard InChI is InChI=1S/C22H38FNO10/c23-3-5-27-7-9-29-11-13-31-15-17-33-19-20-34-18-16-32-14-12-30-10-8-28-6-4-24-21(25)1-2-22(24)26/h1-2H,3-20H2. The zero-order valence-corrected chi connectivity index (χ0v) is 19.8. The minimum Gasteiger partial charge on any atom is -0.377 e. The van der Waals surface area contributed by atoms with Crippen LogP contribution < -0.4 is 0 Å². The zero-order valence-electron chi connectivity index (χ0n) is 19.8. The maximum atomic E-state index is 11.8. The monoisotopic (exact) mass is 495 g/mol. The van der Waals surface area contributed by atoms with Crippen LogP contribution in [0.4, 0.5) is 4.39 Å². The van der Waals surface area contributed by atoms with Crippen LogP contribution in [0.15, 0.2) is 12.2 Å². The molecule has 1 rings (SSSR count). The number of rotatable bonds is 26. The van der Waals surface area contributed by atoms with E-state index in [0.29, 0.717) is 92.5 Å². The number of imide groups is 1. The summed E-state index contributed by atoms with van der Waals surface area (Å²) in [6.07, 6.45) is 2.50. The number of ether oxygens (including phenoxy) is 8. The molecule has 0 aromatic heterocycles. The van der Waals surface area contributed by atoms with E-state index in [1.807, 2.05) is 0 Å². The third-order valence-electron chi connectivity index (χ3n) is 4.19. The molecule has 198 valence electrons. The Bertz CT molecular complexity index is 520. The van der Waals surface area contributed by atoms with Crippen LogP contribution in [0.3, 0.4) is 0 Å². The highest BCUT2D eigenvalue weighted by Crippen LogP contribution is 2.02. The fraction of sp³-hybridized carbons (Fsp3) is 0.818. The first-order valence-electron chi connectivity index (χ1n) is 11.5. The molecule has 0 aromatic rings. The van der Waals surface area contributed by atoms with Crippen LogP contribution in [0, 0.1) is 0 Å². The Labute approximate surface area is 200 Å². The molecule has 0 atom stereocenters. The first-order valence-corrected chi connectivity index (χ1v) is 11.5. The van der Waals surface area contributed by atoms with Gasteiger partial charge in [0.15, 0.2) is 0 Å². The van der Waals surface area contributed by atoms with Gasteiger partial charge in [0.05, 0.1) is 112 Å². The molecule has 0 radical (unpaired) electrons. The lowest BCUT2D eigenvalue weighted by molar-refractivity contribution is -0.137. The number of hydrogen-bond donors (Lipinski definition) is 0. The average molecular weight is 496 g/mol. The Hall–Kier alpha value is -1.51. The van der Waals surface area contributed by atoms with E-state index < -0.39 is 6.67 Å². The lowest BCUT2D eigenvalue weighted by Crippen LogP contribution is -2.33. The summed E-state index contributed by atoms with van der Waals surface area (Å²) in [5.41, 5.74) is 0. The van der Waals surface area contributed by atoms with Gasteiger partial charge in [0.25, 0.3) is 11.8 Å². The van der Waals surface area contributed by atoms with E-state index in [4.69, 9.17) is 37.9 Å². The second-order valence-corrected chi connectivity index (χ2v) is 6.75. The average Bonchev–Trinajstić information content (AvgIpc) is 3.16. The summed E-state index contributed by atoms with van der Waals surface area (Å²) in [5, 5.41) is 0. The molecular weight excluding hydrogens is 457 g/mol. The largest absolute Gasteiger partial charge is 0.377 e. The Kier molecular flexibility index (Phi) is 20.9. The van der Waals surface area contributed by atoms with Crippen LogP contribution in [0.5, 0.6) is 0 Å². The van der Waals surface area contributed by atoms with E-state index >= 15 is 0 Å². The van der Waals surface area contributed by atoms with Crippen LogP contribution in [0.25, 0.3) is 0 Å². The number of hydrogen-bond acceptors (Lipinski definition) is 10. The van der Waals surface area contributed by atoms with Crippen molar-refractivity contribution in [3.63, 3.8) is 0 Å². The number of nitrogens with zero attached hydrogens (tertiary/aromatic N) is 1. The summed E-state index contributed by atoms with van der Waals surface area (Å²) < 4.78 is 54.2. The summed E-state index contributed by atoms with van der Waals surface area (Å²) >= 11 is 0. The summed E-state index contributed by atoms with van der Waals surface area (Å²) in [7, 11) is 0. The van der Waals surface area contributed by atoms with Crippen LogP contribution in [0.2, 0.25) is 0 Å². The highest BCUT2D eigenvalue weighted by Gasteiger charge is 2.22. The number of amides is 2. The van der Waals surface area contributed by atoms with E-state index in [1.54, 1.807) is 0 Å². The maximum Gasteiger partial charge on any atom is 0.253 e. The molecule has 11 nitrogen and oxygen atoms in total. The molecule has 0 unspecified atom stereocenters. The fourth-order valence-electron chi connectivity index (χ4n) is 2.50. The van der Waals surface area contributed by atoms with Gasteiger partial charge in [-0.15, -0.1) is 0 Å². The van der Waals surface area contributed by atoms with Crippen molar-refractivity contribution < 1.29 is 51.9 Å². The minimum atomic E-state index is -0.480. The molecule has 1 aliphatic rings. The van der Waals surface area contributed by atoms with Gasteiger partial charge in [0.1, 0.15) is 6.67 Å². The van der Waals surface area contributed by atoms with Crippen molar-refractivity contribution in [3.8, 4) is 0 Å². The van der Waals surface area contributed by atoms with Crippen LogP contribution in [0.1, 0.15) is 0 Å². The van der Waals surface area contributed by atoms with Crippen molar-refractivity contribution >= 4 is 11.8 Å². The fourth-order valence-corrected chi connectivity index (χ4v) is 2.50. The van der Waals surface area contributed by atoms with Gasteiger partial charge in [-0.1, -0.05) is 0 Å². The maximum absolute atomic E-state index is 11.8. The van der Waals surface area contributed by atoms with Gasteiger partial charge in [0, 0.05) is 12.2 Å². The molecule has 2 amide bonds. The molecule has 0 aliphatic carbocycles. The predicted octanol–water partition coefficient (Wildman–Crippen LogP) is 0.0137. The molecule has 0 bridgehead atoms. The molecule has 1 aliphatic heterocycles. The Morgan fingerprint density at radius 1 is 0.471 bits per heavy atom. The van der Waals surface area contributed by atoms with Gasteiger partial charge in [0.2, 0.25) is 0 Å². The normalized spacial score (nSPS) is 13.5. The molecule has 12 heteroatoms. The molecule has 34 heavy (non-hydrogen) atoms. The van der Waals surface area contributed by atoms with E-state index in [1.165, 1.54) is 12.2 Å². The molecule has 0 N–H and O–H groups in total. The van der Waals surface area contributed by atoms with Crippen molar-refractivity contribution in [3.05, 3.63) is 12.2 Å². The highest BCUT2D eigenvalue weighted by molar-refractivity contribution is 6.12. The van der Waals surface area contributed by atoms with E-state index in [0.717, 1.165) is 4.90 Å². The van der Waals surface area contributed by atoms with Crippen molar-refractivity contribution in [1.29, 1.82) is 0 Å². The molecule has 0 saturated heterocycles. The Morgan fingerprint density at radius 3 is 1.03 bits per heavy atom. The quantitative estimate of drug-likeness (QED) is 0.120. The van der Waals surface area contributed by atoms with Gasteiger partial charge in [-0.05, 0) is 0 Å². The number of carbonyl (C=O) groups excluding carboxylic acids is 2. The third-order valence-corrected chi connectivity index (χ3v) is 4.19. The van der Waals surface area contributed by atoms with E-state index in [-0.39, 0.29) is 31.6 Å². The van der Waals surface area contributed by atoms with Gasteiger partial charge in [-0.2, -0.15) is 0 Å². The van der Waals surface area contributed by atoms with Crippen molar-refractivity contribution in [2.75, 3.05) is 119 Å². The number of carbonyl (C=O) groups is 2. The summed E-state index contributed by atoms with van der Waals surface area (Å²) in [6, 6.07) is 0. The lowest BCUT2D eigenvalue weighted by atomic mass is 10.5. The van der Waals surface area contributed by atoms with E-state index in [9.17, 15) is 14.0 Å². The molecule has 0 spiro atoms. The predicted molar refractivity (Wildman–Crippen MR) is 118 cm³/mol. The van der Waals surface area contributed by atoms with Crippen molar-refractivity contribution in [1.82, 2.24) is 4.90 Å².